The smallest absolute Gasteiger partial charge is 0.0250 e. The minimum absolute atomic E-state index is 0.662. The third kappa shape index (κ3) is 2.98. The van der Waals surface area contributed by atoms with Gasteiger partial charge in [0.05, 0.1) is 0 Å². The number of allylic oxidation sites excluding steroid dienone is 3. The summed E-state index contributed by atoms with van der Waals surface area (Å²) in [4.78, 5) is 0. The molecule has 0 amide bonds. The summed E-state index contributed by atoms with van der Waals surface area (Å²) < 4.78 is 0. The van der Waals surface area contributed by atoms with Crippen molar-refractivity contribution in [1.29, 1.82) is 0 Å². The number of rotatable bonds is 3. The van der Waals surface area contributed by atoms with Gasteiger partial charge in [-0.05, 0) is 51.0 Å². The van der Waals surface area contributed by atoms with Crippen LogP contribution >= 0.6 is 0 Å². The van der Waals surface area contributed by atoms with E-state index in [4.69, 9.17) is 0 Å². The summed E-state index contributed by atoms with van der Waals surface area (Å²) in [6.07, 6.45) is 17.2. The summed E-state index contributed by atoms with van der Waals surface area (Å²) in [6.45, 7) is 1.21. The Morgan fingerprint density at radius 3 is 2.79 bits per heavy atom. The van der Waals surface area contributed by atoms with E-state index in [9.17, 15) is 0 Å². The van der Waals surface area contributed by atoms with Crippen LogP contribution in [0.15, 0.2) is 24.3 Å². The highest BCUT2D eigenvalue weighted by Crippen LogP contribution is 2.18. The van der Waals surface area contributed by atoms with Gasteiger partial charge in [0.1, 0.15) is 0 Å². The first-order chi connectivity index (χ1) is 6.95. The van der Waals surface area contributed by atoms with Gasteiger partial charge in [0.25, 0.3) is 0 Å². The van der Waals surface area contributed by atoms with Gasteiger partial charge in [-0.2, -0.15) is 0 Å². The molecule has 0 fully saturated rings. The predicted molar refractivity (Wildman–Crippen MR) is 61.3 cm³/mol. The Bertz CT molecular complexity index is 217. The fraction of sp³-hybridized carbons (Fsp3) is 0.692. The molecule has 1 N–H and O–H groups in total. The van der Waals surface area contributed by atoms with Gasteiger partial charge >= 0.3 is 0 Å². The first-order valence-corrected chi connectivity index (χ1v) is 6.00. The molecule has 0 saturated carbocycles. The minimum Gasteiger partial charge on any atom is -0.310 e. The lowest BCUT2D eigenvalue weighted by Crippen LogP contribution is -2.33. The molecule has 0 heterocycles. The van der Waals surface area contributed by atoms with E-state index in [1.165, 1.54) is 45.1 Å². The van der Waals surface area contributed by atoms with E-state index < -0.39 is 0 Å². The topological polar surface area (TPSA) is 12.0 Å². The van der Waals surface area contributed by atoms with Gasteiger partial charge < -0.3 is 5.32 Å². The van der Waals surface area contributed by atoms with Crippen LogP contribution in [0, 0.1) is 5.92 Å². The van der Waals surface area contributed by atoms with Crippen molar-refractivity contribution < 1.29 is 0 Å². The SMILES string of the molecule is C1=CC(NCC2CC=CCC2)CCC1. The van der Waals surface area contributed by atoms with Crippen molar-refractivity contribution in [3.63, 3.8) is 0 Å². The number of hydrogen-bond donors (Lipinski definition) is 1. The van der Waals surface area contributed by atoms with E-state index in [1.807, 2.05) is 0 Å². The molecule has 0 aromatic carbocycles. The van der Waals surface area contributed by atoms with Gasteiger partial charge in [0.15, 0.2) is 0 Å². The molecule has 2 rings (SSSR count). The van der Waals surface area contributed by atoms with Crippen molar-refractivity contribution in [3.8, 4) is 0 Å². The molecule has 0 bridgehead atoms. The van der Waals surface area contributed by atoms with Crippen molar-refractivity contribution in [2.75, 3.05) is 6.54 Å². The molecule has 0 aromatic heterocycles. The van der Waals surface area contributed by atoms with Crippen LogP contribution in [-0.4, -0.2) is 12.6 Å². The van der Waals surface area contributed by atoms with Gasteiger partial charge in [-0.15, -0.1) is 0 Å². The van der Waals surface area contributed by atoms with E-state index in [0.29, 0.717) is 6.04 Å². The highest BCUT2D eigenvalue weighted by atomic mass is 14.9. The normalized spacial score (nSPS) is 32.0. The van der Waals surface area contributed by atoms with E-state index in [2.05, 4.69) is 29.6 Å². The van der Waals surface area contributed by atoms with Crippen LogP contribution in [0.5, 0.6) is 0 Å². The van der Waals surface area contributed by atoms with Gasteiger partial charge in [0, 0.05) is 6.04 Å². The average molecular weight is 191 g/mol. The minimum atomic E-state index is 0.662. The standard InChI is InChI=1S/C13H21N/c1-3-7-12(8-4-1)11-14-13-9-5-2-6-10-13/h1,3,5,9,12-14H,2,4,6-8,10-11H2. The highest BCUT2D eigenvalue weighted by Gasteiger charge is 2.12. The molecule has 14 heavy (non-hydrogen) atoms. The molecule has 1 nitrogen and oxygen atoms in total. The zero-order valence-corrected chi connectivity index (χ0v) is 8.91. The molecule has 2 aliphatic rings. The second kappa shape index (κ2) is 5.35. The second-order valence-corrected chi connectivity index (χ2v) is 4.52. The third-order valence-electron chi connectivity index (χ3n) is 3.30. The third-order valence-corrected chi connectivity index (χ3v) is 3.30. The largest absolute Gasteiger partial charge is 0.310 e. The Morgan fingerprint density at radius 1 is 1.07 bits per heavy atom. The van der Waals surface area contributed by atoms with Crippen LogP contribution in [-0.2, 0) is 0 Å². The molecule has 2 unspecified atom stereocenters. The Hall–Kier alpha value is -0.560. The van der Waals surface area contributed by atoms with Gasteiger partial charge in [-0.3, -0.25) is 0 Å². The Morgan fingerprint density at radius 2 is 2.07 bits per heavy atom. The van der Waals surface area contributed by atoms with Crippen molar-refractivity contribution in [3.05, 3.63) is 24.3 Å². The average Bonchev–Trinajstić information content (AvgIpc) is 2.29. The second-order valence-electron chi connectivity index (χ2n) is 4.52. The lowest BCUT2D eigenvalue weighted by atomic mass is 9.93. The number of nitrogens with one attached hydrogen (secondary N) is 1. The summed E-state index contributed by atoms with van der Waals surface area (Å²) in [5.74, 6) is 0.885. The zero-order valence-electron chi connectivity index (χ0n) is 8.91. The van der Waals surface area contributed by atoms with E-state index >= 15 is 0 Å². The van der Waals surface area contributed by atoms with Crippen LogP contribution in [0.3, 0.4) is 0 Å². The first-order valence-electron chi connectivity index (χ1n) is 6.00. The quantitative estimate of drug-likeness (QED) is 0.676. The molecule has 78 valence electrons. The molecule has 0 aromatic rings. The van der Waals surface area contributed by atoms with Crippen LogP contribution in [0.1, 0.15) is 38.5 Å². The van der Waals surface area contributed by atoms with Crippen LogP contribution in [0.4, 0.5) is 0 Å². The van der Waals surface area contributed by atoms with E-state index in [0.717, 1.165) is 5.92 Å². The maximum atomic E-state index is 3.67. The van der Waals surface area contributed by atoms with Crippen molar-refractivity contribution >= 4 is 0 Å². The summed E-state index contributed by atoms with van der Waals surface area (Å²) >= 11 is 0. The monoisotopic (exact) mass is 191 g/mol. The summed E-state index contributed by atoms with van der Waals surface area (Å²) in [6, 6.07) is 0.662. The van der Waals surface area contributed by atoms with Crippen molar-refractivity contribution in [1.82, 2.24) is 5.32 Å². The Labute approximate surface area is 87.3 Å². The summed E-state index contributed by atoms with van der Waals surface area (Å²) in [5.41, 5.74) is 0. The predicted octanol–water partition coefficient (Wildman–Crippen LogP) is 3.04. The maximum Gasteiger partial charge on any atom is 0.0250 e. The summed E-state index contributed by atoms with van der Waals surface area (Å²) in [5, 5.41) is 3.67. The van der Waals surface area contributed by atoms with Crippen LogP contribution in [0.25, 0.3) is 0 Å². The van der Waals surface area contributed by atoms with Crippen LogP contribution in [0.2, 0.25) is 0 Å². The van der Waals surface area contributed by atoms with Crippen molar-refractivity contribution in [2.45, 2.75) is 44.6 Å². The Balaban J connectivity index is 1.68. The lowest BCUT2D eigenvalue weighted by Gasteiger charge is -2.23. The van der Waals surface area contributed by atoms with E-state index in [1.54, 1.807) is 0 Å². The van der Waals surface area contributed by atoms with E-state index in [-0.39, 0.29) is 0 Å². The molecule has 0 radical (unpaired) electrons. The molecular weight excluding hydrogens is 170 g/mol. The molecule has 0 aliphatic heterocycles. The highest BCUT2D eigenvalue weighted by molar-refractivity contribution is 4.98. The Kier molecular flexibility index (Phi) is 3.81. The van der Waals surface area contributed by atoms with Gasteiger partial charge in [-0.25, -0.2) is 0 Å². The number of hydrogen-bond acceptors (Lipinski definition) is 1. The van der Waals surface area contributed by atoms with Crippen LogP contribution < -0.4 is 5.32 Å². The zero-order chi connectivity index (χ0) is 9.64. The molecule has 0 spiro atoms. The van der Waals surface area contributed by atoms with Crippen molar-refractivity contribution in [2.24, 2.45) is 5.92 Å². The lowest BCUT2D eigenvalue weighted by molar-refractivity contribution is 0.409. The molecule has 0 saturated heterocycles. The molecule has 2 aliphatic carbocycles. The molecular formula is C13H21N. The fourth-order valence-electron chi connectivity index (χ4n) is 2.34. The molecule has 2 atom stereocenters. The fourth-order valence-corrected chi connectivity index (χ4v) is 2.34. The molecule has 1 heteroatoms. The van der Waals surface area contributed by atoms with Gasteiger partial charge in [0.2, 0.25) is 0 Å². The maximum absolute atomic E-state index is 3.67. The summed E-state index contributed by atoms with van der Waals surface area (Å²) in [7, 11) is 0. The van der Waals surface area contributed by atoms with Gasteiger partial charge in [-0.1, -0.05) is 24.3 Å². The first kappa shape index (κ1) is 9.97.